The van der Waals surface area contributed by atoms with E-state index in [9.17, 15) is 9.50 Å². The number of hydrogen-bond acceptors (Lipinski definition) is 3. The quantitative estimate of drug-likeness (QED) is 0.807. The van der Waals surface area contributed by atoms with Crippen molar-refractivity contribution in [3.63, 3.8) is 0 Å². The molecule has 0 saturated heterocycles. The van der Waals surface area contributed by atoms with Crippen LogP contribution < -0.4 is 10.5 Å². The third-order valence-corrected chi connectivity index (χ3v) is 2.82. The van der Waals surface area contributed by atoms with Gasteiger partial charge in [0.1, 0.15) is 11.6 Å². The Morgan fingerprint density at radius 2 is 2.19 bits per heavy atom. The molecule has 4 heteroatoms. The molecule has 0 saturated carbocycles. The lowest BCUT2D eigenvalue weighted by atomic mass is 9.91. The lowest BCUT2D eigenvalue weighted by Gasteiger charge is -2.22. The van der Waals surface area contributed by atoms with Crippen molar-refractivity contribution in [1.29, 1.82) is 0 Å². The van der Waals surface area contributed by atoms with E-state index in [-0.39, 0.29) is 18.3 Å². The topological polar surface area (TPSA) is 55.5 Å². The van der Waals surface area contributed by atoms with E-state index in [1.807, 2.05) is 6.92 Å². The van der Waals surface area contributed by atoms with Crippen molar-refractivity contribution in [2.24, 2.45) is 11.7 Å². The molecule has 1 aromatic carbocycles. The molecule has 0 aliphatic carbocycles. The lowest BCUT2D eigenvalue weighted by molar-refractivity contribution is 0.199. The number of benzene rings is 1. The number of hydrogen-bond donors (Lipinski definition) is 2. The SMILES string of the molecule is CCC(CO)C(N)c1cc(F)ccc1OC. The molecule has 0 fully saturated rings. The van der Waals surface area contributed by atoms with Gasteiger partial charge >= 0.3 is 0 Å². The van der Waals surface area contributed by atoms with Gasteiger partial charge in [-0.05, 0) is 24.6 Å². The van der Waals surface area contributed by atoms with Crippen LogP contribution in [-0.2, 0) is 0 Å². The van der Waals surface area contributed by atoms with Crippen LogP contribution in [0.4, 0.5) is 4.39 Å². The third kappa shape index (κ3) is 2.71. The molecule has 90 valence electrons. The summed E-state index contributed by atoms with van der Waals surface area (Å²) in [6.07, 6.45) is 0.733. The highest BCUT2D eigenvalue weighted by Gasteiger charge is 2.20. The summed E-state index contributed by atoms with van der Waals surface area (Å²) in [5.41, 5.74) is 6.60. The van der Waals surface area contributed by atoms with Crippen molar-refractivity contribution in [1.82, 2.24) is 0 Å². The summed E-state index contributed by atoms with van der Waals surface area (Å²) in [6.45, 7) is 1.92. The summed E-state index contributed by atoms with van der Waals surface area (Å²) in [4.78, 5) is 0. The Bertz CT molecular complexity index is 340. The Labute approximate surface area is 95.0 Å². The number of ether oxygens (including phenoxy) is 1. The molecule has 2 atom stereocenters. The Balaban J connectivity index is 3.04. The molecule has 0 aromatic heterocycles. The van der Waals surface area contributed by atoms with Crippen molar-refractivity contribution in [3.05, 3.63) is 29.6 Å². The highest BCUT2D eigenvalue weighted by molar-refractivity contribution is 5.36. The van der Waals surface area contributed by atoms with Crippen LogP contribution in [0.5, 0.6) is 5.75 Å². The van der Waals surface area contributed by atoms with Crippen LogP contribution in [0.2, 0.25) is 0 Å². The van der Waals surface area contributed by atoms with E-state index in [0.717, 1.165) is 6.42 Å². The minimum Gasteiger partial charge on any atom is -0.496 e. The number of rotatable bonds is 5. The van der Waals surface area contributed by atoms with E-state index in [2.05, 4.69) is 0 Å². The lowest BCUT2D eigenvalue weighted by Crippen LogP contribution is -2.24. The molecule has 0 aliphatic rings. The molecule has 2 unspecified atom stereocenters. The van der Waals surface area contributed by atoms with Crippen LogP contribution in [0, 0.1) is 11.7 Å². The van der Waals surface area contributed by atoms with E-state index in [4.69, 9.17) is 10.5 Å². The van der Waals surface area contributed by atoms with Gasteiger partial charge in [-0.25, -0.2) is 4.39 Å². The van der Waals surface area contributed by atoms with Gasteiger partial charge in [0.2, 0.25) is 0 Å². The molecule has 0 radical (unpaired) electrons. The molecule has 3 nitrogen and oxygen atoms in total. The first kappa shape index (κ1) is 12.9. The van der Waals surface area contributed by atoms with Gasteiger partial charge in [0, 0.05) is 24.1 Å². The molecule has 0 spiro atoms. The second-order valence-corrected chi connectivity index (χ2v) is 3.76. The van der Waals surface area contributed by atoms with Crippen LogP contribution in [-0.4, -0.2) is 18.8 Å². The maximum atomic E-state index is 13.1. The molecule has 0 bridgehead atoms. The largest absolute Gasteiger partial charge is 0.496 e. The number of halogens is 1. The van der Waals surface area contributed by atoms with E-state index < -0.39 is 6.04 Å². The first-order valence-corrected chi connectivity index (χ1v) is 5.33. The summed E-state index contributed by atoms with van der Waals surface area (Å²) >= 11 is 0. The zero-order valence-electron chi connectivity index (χ0n) is 9.61. The molecular weight excluding hydrogens is 209 g/mol. The monoisotopic (exact) mass is 227 g/mol. The standard InChI is InChI=1S/C12H18FNO2/c1-3-8(7-15)12(14)10-6-9(13)4-5-11(10)16-2/h4-6,8,12,15H,3,7,14H2,1-2H3. The normalized spacial score (nSPS) is 14.6. The average Bonchev–Trinajstić information content (AvgIpc) is 2.30. The highest BCUT2D eigenvalue weighted by atomic mass is 19.1. The maximum Gasteiger partial charge on any atom is 0.123 e. The molecule has 1 aromatic rings. The first-order chi connectivity index (χ1) is 7.63. The predicted octanol–water partition coefficient (Wildman–Crippen LogP) is 1.85. The maximum absolute atomic E-state index is 13.1. The molecule has 0 heterocycles. The molecule has 16 heavy (non-hydrogen) atoms. The van der Waals surface area contributed by atoms with Crippen molar-refractivity contribution in [2.45, 2.75) is 19.4 Å². The van der Waals surface area contributed by atoms with Crippen LogP contribution in [0.1, 0.15) is 24.9 Å². The number of aliphatic hydroxyl groups excluding tert-OH is 1. The van der Waals surface area contributed by atoms with Crippen molar-refractivity contribution >= 4 is 0 Å². The number of aliphatic hydroxyl groups is 1. The van der Waals surface area contributed by atoms with Crippen LogP contribution in [0.25, 0.3) is 0 Å². The molecule has 3 N–H and O–H groups in total. The molecule has 0 aliphatic heterocycles. The van der Waals surface area contributed by atoms with Gasteiger partial charge in [0.25, 0.3) is 0 Å². The molecule has 1 rings (SSSR count). The van der Waals surface area contributed by atoms with Gasteiger partial charge in [0.05, 0.1) is 7.11 Å². The summed E-state index contributed by atoms with van der Waals surface area (Å²) in [5, 5.41) is 9.18. The summed E-state index contributed by atoms with van der Waals surface area (Å²) in [7, 11) is 1.52. The average molecular weight is 227 g/mol. The van der Waals surface area contributed by atoms with Crippen LogP contribution in [0.3, 0.4) is 0 Å². The predicted molar refractivity (Wildman–Crippen MR) is 60.7 cm³/mol. The van der Waals surface area contributed by atoms with Gasteiger partial charge in [-0.2, -0.15) is 0 Å². The fraction of sp³-hybridized carbons (Fsp3) is 0.500. The summed E-state index contributed by atoms with van der Waals surface area (Å²) < 4.78 is 18.3. The summed E-state index contributed by atoms with van der Waals surface area (Å²) in [6, 6.07) is 3.83. The third-order valence-electron chi connectivity index (χ3n) is 2.82. The van der Waals surface area contributed by atoms with E-state index in [1.165, 1.54) is 19.2 Å². The van der Waals surface area contributed by atoms with Gasteiger partial charge < -0.3 is 15.6 Å². The van der Waals surface area contributed by atoms with Gasteiger partial charge in [0.15, 0.2) is 0 Å². The fourth-order valence-electron chi connectivity index (χ4n) is 1.72. The van der Waals surface area contributed by atoms with Crippen molar-refractivity contribution in [3.8, 4) is 5.75 Å². The van der Waals surface area contributed by atoms with Crippen molar-refractivity contribution < 1.29 is 14.2 Å². The minimum absolute atomic E-state index is 0.0165. The smallest absolute Gasteiger partial charge is 0.123 e. The molecular formula is C12H18FNO2. The second-order valence-electron chi connectivity index (χ2n) is 3.76. The van der Waals surface area contributed by atoms with Crippen LogP contribution in [0.15, 0.2) is 18.2 Å². The first-order valence-electron chi connectivity index (χ1n) is 5.33. The van der Waals surface area contributed by atoms with Gasteiger partial charge in [-0.3, -0.25) is 0 Å². The minimum atomic E-state index is -0.416. The van der Waals surface area contributed by atoms with Crippen LogP contribution >= 0.6 is 0 Å². The number of nitrogens with two attached hydrogens (primary N) is 1. The second kappa shape index (κ2) is 5.82. The van der Waals surface area contributed by atoms with E-state index in [1.54, 1.807) is 6.07 Å². The Kier molecular flexibility index (Phi) is 4.71. The summed E-state index contributed by atoms with van der Waals surface area (Å²) in [5.74, 6) is 0.121. The van der Waals surface area contributed by atoms with E-state index in [0.29, 0.717) is 11.3 Å². The van der Waals surface area contributed by atoms with Crippen molar-refractivity contribution in [2.75, 3.05) is 13.7 Å². The highest BCUT2D eigenvalue weighted by Crippen LogP contribution is 2.30. The fourth-order valence-corrected chi connectivity index (χ4v) is 1.72. The van der Waals surface area contributed by atoms with Gasteiger partial charge in [-0.15, -0.1) is 0 Å². The Morgan fingerprint density at radius 1 is 1.50 bits per heavy atom. The Morgan fingerprint density at radius 3 is 2.69 bits per heavy atom. The Hall–Kier alpha value is -1.13. The van der Waals surface area contributed by atoms with E-state index >= 15 is 0 Å². The number of methoxy groups -OCH3 is 1. The zero-order chi connectivity index (χ0) is 12.1. The molecule has 0 amide bonds. The van der Waals surface area contributed by atoms with Gasteiger partial charge in [-0.1, -0.05) is 6.92 Å². The zero-order valence-corrected chi connectivity index (χ0v) is 9.61.